The lowest BCUT2D eigenvalue weighted by Gasteiger charge is -2.13. The minimum absolute atomic E-state index is 0.0489. The highest BCUT2D eigenvalue weighted by molar-refractivity contribution is 6.05. The molecule has 0 atom stereocenters. The van der Waals surface area contributed by atoms with Gasteiger partial charge >= 0.3 is 0 Å². The Hall–Kier alpha value is -5.32. The number of aromatic amines is 1. The highest BCUT2D eigenvalue weighted by Crippen LogP contribution is 2.31. The van der Waals surface area contributed by atoms with Crippen molar-refractivity contribution in [3.8, 4) is 17.2 Å². The van der Waals surface area contributed by atoms with Crippen LogP contribution in [0.4, 0.5) is 14.5 Å². The van der Waals surface area contributed by atoms with Gasteiger partial charge in [-0.05, 0) is 54.6 Å². The summed E-state index contributed by atoms with van der Waals surface area (Å²) in [5.74, 6) is -1.55. The van der Waals surface area contributed by atoms with E-state index in [1.807, 2.05) is 0 Å². The standard InChI is InChI=1S/C27H18F2N6O3/c1-34-26-15(14-32-34)12-20(27(37)35(26)18-5-2-16(28)3-6-18)25(36)33-17-4-7-23(21(29)13-17)38-22-9-11-31-24-19(22)8-10-30-24/h2-14H,1H3,(H,30,31)(H,33,36). The number of amides is 1. The summed E-state index contributed by atoms with van der Waals surface area (Å²) < 4.78 is 36.9. The Morgan fingerprint density at radius 1 is 1.03 bits per heavy atom. The fourth-order valence-electron chi connectivity index (χ4n) is 4.25. The number of fused-ring (bicyclic) bond motifs is 2. The number of hydrogen-bond donors (Lipinski definition) is 2. The summed E-state index contributed by atoms with van der Waals surface area (Å²) in [5.41, 5.74) is 0.684. The number of pyridine rings is 2. The van der Waals surface area contributed by atoms with Crippen molar-refractivity contribution in [3.63, 3.8) is 0 Å². The maximum Gasteiger partial charge on any atom is 0.269 e. The Bertz CT molecular complexity index is 1910. The van der Waals surface area contributed by atoms with E-state index in [0.717, 1.165) is 6.07 Å². The van der Waals surface area contributed by atoms with Gasteiger partial charge in [-0.25, -0.2) is 13.8 Å². The predicted octanol–water partition coefficient (Wildman–Crippen LogP) is 4.92. The monoisotopic (exact) mass is 512 g/mol. The zero-order valence-corrected chi connectivity index (χ0v) is 19.8. The van der Waals surface area contributed by atoms with Crippen molar-refractivity contribution >= 4 is 33.7 Å². The molecule has 0 aliphatic rings. The Balaban J connectivity index is 1.32. The summed E-state index contributed by atoms with van der Waals surface area (Å²) in [6, 6.07) is 14.0. The number of ether oxygens (including phenoxy) is 1. The molecule has 188 valence electrons. The number of rotatable bonds is 5. The van der Waals surface area contributed by atoms with E-state index in [1.165, 1.54) is 57.9 Å². The van der Waals surface area contributed by atoms with Crippen molar-refractivity contribution < 1.29 is 18.3 Å². The molecule has 6 rings (SSSR count). The van der Waals surface area contributed by atoms with Crippen LogP contribution in [-0.2, 0) is 7.05 Å². The Kier molecular flexibility index (Phi) is 5.45. The second-order valence-corrected chi connectivity index (χ2v) is 8.47. The molecule has 2 N–H and O–H groups in total. The van der Waals surface area contributed by atoms with Crippen LogP contribution >= 0.6 is 0 Å². The third-order valence-electron chi connectivity index (χ3n) is 6.04. The molecule has 1 amide bonds. The van der Waals surface area contributed by atoms with Crippen molar-refractivity contribution in [1.29, 1.82) is 0 Å². The van der Waals surface area contributed by atoms with E-state index in [1.54, 1.807) is 31.6 Å². The fraction of sp³-hybridized carbons (Fsp3) is 0.0370. The minimum atomic E-state index is -0.743. The second-order valence-electron chi connectivity index (χ2n) is 8.47. The fourth-order valence-corrected chi connectivity index (χ4v) is 4.25. The molecule has 6 aromatic rings. The molecule has 0 fully saturated rings. The molecule has 4 aromatic heterocycles. The smallest absolute Gasteiger partial charge is 0.269 e. The van der Waals surface area contributed by atoms with Gasteiger partial charge in [0.05, 0.1) is 17.3 Å². The highest BCUT2D eigenvalue weighted by atomic mass is 19.1. The van der Waals surface area contributed by atoms with Crippen molar-refractivity contribution in [3.05, 3.63) is 107 Å². The van der Waals surface area contributed by atoms with E-state index in [4.69, 9.17) is 4.74 Å². The van der Waals surface area contributed by atoms with E-state index in [9.17, 15) is 18.4 Å². The maximum absolute atomic E-state index is 14.9. The number of benzene rings is 2. The minimum Gasteiger partial charge on any atom is -0.453 e. The topological polar surface area (TPSA) is 107 Å². The van der Waals surface area contributed by atoms with Crippen LogP contribution in [-0.4, -0.2) is 30.2 Å². The highest BCUT2D eigenvalue weighted by Gasteiger charge is 2.20. The van der Waals surface area contributed by atoms with E-state index in [2.05, 4.69) is 20.4 Å². The number of halogens is 2. The van der Waals surface area contributed by atoms with Gasteiger partial charge in [0, 0.05) is 36.6 Å². The van der Waals surface area contributed by atoms with Gasteiger partial charge in [-0.15, -0.1) is 0 Å². The third-order valence-corrected chi connectivity index (χ3v) is 6.04. The van der Waals surface area contributed by atoms with Crippen LogP contribution in [0.25, 0.3) is 27.8 Å². The Labute approximate surface area is 212 Å². The van der Waals surface area contributed by atoms with E-state index in [-0.39, 0.29) is 17.0 Å². The van der Waals surface area contributed by atoms with Crippen molar-refractivity contribution in [2.24, 2.45) is 7.05 Å². The summed E-state index contributed by atoms with van der Waals surface area (Å²) in [7, 11) is 1.65. The number of H-pyrrole nitrogens is 1. The first-order valence-corrected chi connectivity index (χ1v) is 11.4. The largest absolute Gasteiger partial charge is 0.453 e. The van der Waals surface area contributed by atoms with Gasteiger partial charge in [-0.1, -0.05) is 0 Å². The first-order chi connectivity index (χ1) is 18.4. The molecule has 0 radical (unpaired) electrons. The van der Waals surface area contributed by atoms with Crippen LogP contribution in [0.2, 0.25) is 0 Å². The number of carbonyl (C=O) groups excluding carboxylic acids is 1. The lowest BCUT2D eigenvalue weighted by Crippen LogP contribution is -2.29. The lowest BCUT2D eigenvalue weighted by atomic mass is 10.2. The van der Waals surface area contributed by atoms with Crippen molar-refractivity contribution in [2.45, 2.75) is 0 Å². The molecule has 0 unspecified atom stereocenters. The van der Waals surface area contributed by atoms with Crippen molar-refractivity contribution in [1.82, 2.24) is 24.3 Å². The van der Waals surface area contributed by atoms with Gasteiger partial charge < -0.3 is 15.0 Å². The van der Waals surface area contributed by atoms with E-state index < -0.39 is 23.1 Å². The predicted molar refractivity (Wildman–Crippen MR) is 137 cm³/mol. The molecule has 0 saturated carbocycles. The van der Waals surface area contributed by atoms with Crippen LogP contribution in [0.15, 0.2) is 84.0 Å². The Morgan fingerprint density at radius 2 is 1.84 bits per heavy atom. The Morgan fingerprint density at radius 3 is 2.63 bits per heavy atom. The number of anilines is 1. The first-order valence-electron chi connectivity index (χ1n) is 11.4. The summed E-state index contributed by atoms with van der Waals surface area (Å²) in [6.45, 7) is 0. The molecule has 38 heavy (non-hydrogen) atoms. The molecule has 2 aromatic carbocycles. The molecule has 0 aliphatic carbocycles. The molecule has 0 bridgehead atoms. The SMILES string of the molecule is Cn1ncc2cc(C(=O)Nc3ccc(Oc4ccnc5[nH]ccc45)c(F)c3)c(=O)n(-c3ccc(F)cc3)c21. The normalized spacial score (nSPS) is 11.2. The maximum atomic E-state index is 14.9. The average Bonchev–Trinajstić information content (AvgIpc) is 3.53. The number of carbonyl (C=O) groups is 1. The molecule has 4 heterocycles. The van der Waals surface area contributed by atoms with Gasteiger partial charge in [-0.3, -0.25) is 18.8 Å². The van der Waals surface area contributed by atoms with Gasteiger partial charge in [-0.2, -0.15) is 5.10 Å². The number of aromatic nitrogens is 5. The second kappa shape index (κ2) is 8.96. The summed E-state index contributed by atoms with van der Waals surface area (Å²) in [5, 5.41) is 7.95. The summed E-state index contributed by atoms with van der Waals surface area (Å²) in [4.78, 5) is 33.7. The number of nitrogens with zero attached hydrogens (tertiary/aromatic N) is 4. The molecular weight excluding hydrogens is 494 g/mol. The van der Waals surface area contributed by atoms with Gasteiger partial charge in [0.1, 0.15) is 28.4 Å². The van der Waals surface area contributed by atoms with Crippen LogP contribution in [0.1, 0.15) is 10.4 Å². The number of aryl methyl sites for hydroxylation is 1. The number of nitrogens with one attached hydrogen (secondary N) is 2. The third kappa shape index (κ3) is 3.95. The van der Waals surface area contributed by atoms with Gasteiger partial charge in [0.2, 0.25) is 0 Å². The van der Waals surface area contributed by atoms with Crippen LogP contribution in [0, 0.1) is 11.6 Å². The summed E-state index contributed by atoms with van der Waals surface area (Å²) in [6.07, 6.45) is 4.75. The van der Waals surface area contributed by atoms with Gasteiger partial charge in [0.25, 0.3) is 11.5 Å². The first kappa shape index (κ1) is 23.1. The van der Waals surface area contributed by atoms with E-state index >= 15 is 0 Å². The molecule has 11 heteroatoms. The number of hydrogen-bond acceptors (Lipinski definition) is 5. The zero-order valence-electron chi connectivity index (χ0n) is 19.8. The van der Waals surface area contributed by atoms with Crippen LogP contribution in [0.5, 0.6) is 11.5 Å². The molecule has 0 aliphatic heterocycles. The molecule has 0 saturated heterocycles. The zero-order chi connectivity index (χ0) is 26.4. The van der Waals surface area contributed by atoms with Crippen molar-refractivity contribution in [2.75, 3.05) is 5.32 Å². The van der Waals surface area contributed by atoms with E-state index in [0.29, 0.717) is 33.5 Å². The lowest BCUT2D eigenvalue weighted by molar-refractivity contribution is 0.102. The quantitative estimate of drug-likeness (QED) is 0.341. The van der Waals surface area contributed by atoms with Crippen LogP contribution < -0.4 is 15.6 Å². The molecular formula is C27H18F2N6O3. The molecule has 0 spiro atoms. The summed E-state index contributed by atoms with van der Waals surface area (Å²) >= 11 is 0. The van der Waals surface area contributed by atoms with Gasteiger partial charge in [0.15, 0.2) is 11.6 Å². The van der Waals surface area contributed by atoms with Crippen LogP contribution in [0.3, 0.4) is 0 Å². The average molecular weight is 512 g/mol. The molecule has 9 nitrogen and oxygen atoms in total.